The summed E-state index contributed by atoms with van der Waals surface area (Å²) < 4.78 is 35.4. The Kier molecular flexibility index (Phi) is 5.90. The molecule has 0 saturated carbocycles. The predicted molar refractivity (Wildman–Crippen MR) is 124 cm³/mol. The summed E-state index contributed by atoms with van der Waals surface area (Å²) in [5, 5.41) is 2.97. The van der Waals surface area contributed by atoms with Crippen molar-refractivity contribution in [2.45, 2.75) is 32.2 Å². The first kappa shape index (κ1) is 22.5. The molecule has 1 aliphatic heterocycles. The van der Waals surface area contributed by atoms with Gasteiger partial charge in [0, 0.05) is 34.7 Å². The SMILES string of the molecule is CCn1c(C)cc(C(=O)COC(=O)c2ccc(NC3=NS(=O)(=O)c4ccccc43)cc2)c1C. The molecule has 33 heavy (non-hydrogen) atoms. The van der Waals surface area contributed by atoms with Crippen LogP contribution in [0.3, 0.4) is 0 Å². The highest BCUT2D eigenvalue weighted by atomic mass is 32.2. The summed E-state index contributed by atoms with van der Waals surface area (Å²) in [4.78, 5) is 25.1. The minimum absolute atomic E-state index is 0.150. The van der Waals surface area contributed by atoms with Gasteiger partial charge in [0.1, 0.15) is 4.90 Å². The third-order valence-corrected chi connectivity index (χ3v) is 6.87. The number of esters is 1. The standard InChI is InChI=1S/C24H23N3O5S/c1-4-27-15(2)13-20(16(27)3)21(28)14-32-24(29)17-9-11-18(12-10-17)25-23-19-7-5-6-8-22(19)33(30,31)26-23/h5-13H,4,14H2,1-3H3,(H,25,26). The van der Waals surface area contributed by atoms with Crippen molar-refractivity contribution in [2.24, 2.45) is 4.40 Å². The lowest BCUT2D eigenvalue weighted by Gasteiger charge is -2.08. The lowest BCUT2D eigenvalue weighted by molar-refractivity contribution is 0.0474. The molecule has 170 valence electrons. The average Bonchev–Trinajstić information content (AvgIpc) is 3.24. The average molecular weight is 466 g/mol. The Morgan fingerprint density at radius 3 is 2.42 bits per heavy atom. The van der Waals surface area contributed by atoms with Crippen LogP contribution in [0.5, 0.6) is 0 Å². The van der Waals surface area contributed by atoms with E-state index in [1.54, 1.807) is 36.4 Å². The maximum Gasteiger partial charge on any atom is 0.338 e. The number of anilines is 1. The molecule has 2 aromatic carbocycles. The number of ketones is 1. The number of benzene rings is 2. The minimum Gasteiger partial charge on any atom is -0.454 e. The molecule has 1 aromatic heterocycles. The normalized spacial score (nSPS) is 13.8. The Bertz CT molecular complexity index is 1390. The number of ether oxygens (including phenoxy) is 1. The number of rotatable bonds is 6. The van der Waals surface area contributed by atoms with Crippen LogP contribution >= 0.6 is 0 Å². The summed E-state index contributed by atoms with van der Waals surface area (Å²) in [5.41, 5.74) is 3.70. The van der Waals surface area contributed by atoms with Gasteiger partial charge in [0.05, 0.1) is 5.56 Å². The number of hydrogen-bond acceptors (Lipinski definition) is 6. The minimum atomic E-state index is -3.72. The molecule has 0 bridgehead atoms. The molecule has 0 unspecified atom stereocenters. The summed E-state index contributed by atoms with van der Waals surface area (Å²) in [5.74, 6) is -0.657. The van der Waals surface area contributed by atoms with E-state index < -0.39 is 16.0 Å². The van der Waals surface area contributed by atoms with Crippen LogP contribution < -0.4 is 5.32 Å². The number of nitrogens with zero attached hydrogens (tertiary/aromatic N) is 2. The van der Waals surface area contributed by atoms with Gasteiger partial charge in [-0.15, -0.1) is 4.40 Å². The Labute approximate surface area is 192 Å². The summed E-state index contributed by atoms with van der Waals surface area (Å²) >= 11 is 0. The molecule has 2 heterocycles. The molecule has 4 rings (SSSR count). The van der Waals surface area contributed by atoms with Crippen LogP contribution in [-0.2, 0) is 21.3 Å². The van der Waals surface area contributed by atoms with Crippen molar-refractivity contribution in [1.29, 1.82) is 0 Å². The monoisotopic (exact) mass is 465 g/mol. The molecular formula is C24H23N3O5S. The number of sulfonamides is 1. The van der Waals surface area contributed by atoms with Crippen molar-refractivity contribution < 1.29 is 22.7 Å². The second kappa shape index (κ2) is 8.67. The van der Waals surface area contributed by atoms with Crippen molar-refractivity contribution in [3.05, 3.63) is 82.7 Å². The van der Waals surface area contributed by atoms with E-state index in [1.165, 1.54) is 18.2 Å². The van der Waals surface area contributed by atoms with E-state index in [9.17, 15) is 18.0 Å². The fourth-order valence-corrected chi connectivity index (χ4v) is 5.06. The van der Waals surface area contributed by atoms with Crippen LogP contribution in [-0.4, -0.2) is 37.2 Å². The zero-order valence-corrected chi connectivity index (χ0v) is 19.3. The maximum atomic E-state index is 12.5. The molecule has 1 aliphatic rings. The Hall–Kier alpha value is -3.72. The molecule has 1 N–H and O–H groups in total. The zero-order valence-electron chi connectivity index (χ0n) is 18.5. The summed E-state index contributed by atoms with van der Waals surface area (Å²) in [6.45, 7) is 6.22. The number of hydrogen-bond donors (Lipinski definition) is 1. The number of amidine groups is 1. The molecule has 3 aromatic rings. The highest BCUT2D eigenvalue weighted by Crippen LogP contribution is 2.26. The van der Waals surface area contributed by atoms with Crippen LogP contribution in [0.4, 0.5) is 5.69 Å². The summed E-state index contributed by atoms with van der Waals surface area (Å²) in [7, 11) is -3.72. The smallest absolute Gasteiger partial charge is 0.338 e. The van der Waals surface area contributed by atoms with Crippen molar-refractivity contribution in [3.63, 3.8) is 0 Å². The fraction of sp³-hybridized carbons (Fsp3) is 0.208. The Balaban J connectivity index is 1.41. The van der Waals surface area contributed by atoms with Gasteiger partial charge in [-0.25, -0.2) is 4.79 Å². The maximum absolute atomic E-state index is 12.5. The molecule has 0 aliphatic carbocycles. The topological polar surface area (TPSA) is 107 Å². The summed E-state index contributed by atoms with van der Waals surface area (Å²) in [6, 6.07) is 14.7. The van der Waals surface area contributed by atoms with Crippen LogP contribution in [0.25, 0.3) is 0 Å². The number of aryl methyl sites for hydroxylation is 1. The van der Waals surface area contributed by atoms with E-state index in [0.717, 1.165) is 17.9 Å². The third-order valence-electron chi connectivity index (χ3n) is 5.54. The van der Waals surface area contributed by atoms with Gasteiger partial charge in [-0.2, -0.15) is 8.42 Å². The van der Waals surface area contributed by atoms with E-state index in [-0.39, 0.29) is 28.7 Å². The number of carbonyl (C=O) groups excluding carboxylic acids is 2. The van der Waals surface area contributed by atoms with Crippen molar-refractivity contribution >= 4 is 33.3 Å². The molecule has 9 heteroatoms. The largest absolute Gasteiger partial charge is 0.454 e. The third kappa shape index (κ3) is 4.31. The Morgan fingerprint density at radius 2 is 1.76 bits per heavy atom. The molecule has 0 amide bonds. The highest BCUT2D eigenvalue weighted by Gasteiger charge is 2.28. The van der Waals surface area contributed by atoms with E-state index in [4.69, 9.17) is 4.74 Å². The Morgan fingerprint density at radius 1 is 1.06 bits per heavy atom. The van der Waals surface area contributed by atoms with Gasteiger partial charge in [0.15, 0.2) is 12.4 Å². The molecule has 0 spiro atoms. The van der Waals surface area contributed by atoms with Crippen molar-refractivity contribution in [3.8, 4) is 0 Å². The van der Waals surface area contributed by atoms with Crippen LogP contribution in [0.2, 0.25) is 0 Å². The van der Waals surface area contributed by atoms with Gasteiger partial charge in [-0.05, 0) is 63.2 Å². The highest BCUT2D eigenvalue weighted by molar-refractivity contribution is 7.90. The number of fused-ring (bicyclic) bond motifs is 1. The van der Waals surface area contributed by atoms with Gasteiger partial charge in [0.2, 0.25) is 5.78 Å². The lowest BCUT2D eigenvalue weighted by atomic mass is 10.1. The number of carbonyl (C=O) groups is 2. The first-order valence-corrected chi connectivity index (χ1v) is 11.8. The molecule has 0 saturated heterocycles. The van der Waals surface area contributed by atoms with E-state index in [1.807, 2.05) is 25.3 Å². The first-order valence-electron chi connectivity index (χ1n) is 10.4. The first-order chi connectivity index (χ1) is 15.7. The van der Waals surface area contributed by atoms with Crippen LogP contribution in [0.1, 0.15) is 44.6 Å². The van der Waals surface area contributed by atoms with Crippen molar-refractivity contribution in [2.75, 3.05) is 11.9 Å². The second-order valence-electron chi connectivity index (χ2n) is 7.64. The molecule has 0 atom stereocenters. The predicted octanol–water partition coefficient (Wildman–Crippen LogP) is 3.73. The van der Waals surface area contributed by atoms with Gasteiger partial charge in [-0.1, -0.05) is 12.1 Å². The van der Waals surface area contributed by atoms with Gasteiger partial charge < -0.3 is 14.6 Å². The molecule has 8 nitrogen and oxygen atoms in total. The summed E-state index contributed by atoms with van der Waals surface area (Å²) in [6.07, 6.45) is 0. The van der Waals surface area contributed by atoms with Crippen molar-refractivity contribution in [1.82, 2.24) is 4.57 Å². The number of aromatic nitrogens is 1. The lowest BCUT2D eigenvalue weighted by Crippen LogP contribution is -2.15. The van der Waals surface area contributed by atoms with E-state index >= 15 is 0 Å². The van der Waals surface area contributed by atoms with Crippen LogP contribution in [0.15, 0.2) is 63.9 Å². The van der Waals surface area contributed by atoms with E-state index in [0.29, 0.717) is 16.8 Å². The fourth-order valence-electron chi connectivity index (χ4n) is 3.88. The van der Waals surface area contributed by atoms with Crippen LogP contribution in [0, 0.1) is 13.8 Å². The molecular weight excluding hydrogens is 442 g/mol. The zero-order chi connectivity index (χ0) is 23.8. The second-order valence-corrected chi connectivity index (χ2v) is 9.21. The quantitative estimate of drug-likeness (QED) is 0.439. The molecule has 0 fully saturated rings. The van der Waals surface area contributed by atoms with Gasteiger partial charge in [-0.3, -0.25) is 4.79 Å². The van der Waals surface area contributed by atoms with E-state index in [2.05, 4.69) is 9.71 Å². The number of Topliss-reactive ketones (excluding diaryl/α,β-unsaturated/α-hetero) is 1. The molecule has 0 radical (unpaired) electrons. The van der Waals surface area contributed by atoms with Gasteiger partial charge in [0.25, 0.3) is 10.0 Å². The van der Waals surface area contributed by atoms with Gasteiger partial charge >= 0.3 is 5.97 Å². The number of nitrogens with one attached hydrogen (secondary N) is 1.